The second-order valence-electron chi connectivity index (χ2n) is 16.5. The summed E-state index contributed by atoms with van der Waals surface area (Å²) in [7, 11) is 0. The number of benzene rings is 2. The van der Waals surface area contributed by atoms with E-state index < -0.39 is 5.41 Å². The van der Waals surface area contributed by atoms with E-state index >= 15 is 0 Å². The molecule has 0 unspecified atom stereocenters. The molecule has 0 saturated carbocycles. The van der Waals surface area contributed by atoms with Gasteiger partial charge in [0.05, 0.1) is 28.9 Å². The molecule has 0 aliphatic carbocycles. The van der Waals surface area contributed by atoms with Crippen molar-refractivity contribution < 1.29 is 19.5 Å². The normalized spacial score (nSPS) is 23.3. The van der Waals surface area contributed by atoms with Crippen molar-refractivity contribution in [3.8, 4) is 17.0 Å². The van der Waals surface area contributed by atoms with Crippen LogP contribution >= 0.6 is 0 Å². The highest BCUT2D eigenvalue weighted by atomic mass is 16.3. The molecular weight excluding hydrogens is 693 g/mol. The first kappa shape index (κ1) is 35.3. The monoisotopic (exact) mass is 740 g/mol. The molecule has 12 heteroatoms. The quantitative estimate of drug-likeness (QED) is 0.239. The van der Waals surface area contributed by atoms with Gasteiger partial charge in [0, 0.05) is 76.0 Å². The number of phenolic OH excluding ortho intramolecular Hbond substituents is 1. The van der Waals surface area contributed by atoms with Gasteiger partial charge in [0.1, 0.15) is 11.6 Å². The van der Waals surface area contributed by atoms with E-state index in [1.54, 1.807) is 24.5 Å². The highest BCUT2D eigenvalue weighted by molar-refractivity contribution is 6.00. The number of carbonyl (C=O) groups is 3. The van der Waals surface area contributed by atoms with E-state index in [2.05, 4.69) is 47.2 Å². The van der Waals surface area contributed by atoms with Crippen molar-refractivity contribution >= 4 is 29.2 Å². The number of aromatic nitrogens is 3. The third-order valence-electron chi connectivity index (χ3n) is 12.9. The molecule has 0 bridgehead atoms. The molecule has 2 aromatic carbocycles. The van der Waals surface area contributed by atoms with Crippen molar-refractivity contribution in [1.82, 2.24) is 30.3 Å². The van der Waals surface area contributed by atoms with Crippen LogP contribution in [0.15, 0.2) is 85.2 Å². The number of carbonyl (C=O) groups excluding carboxylic acids is 3. The summed E-state index contributed by atoms with van der Waals surface area (Å²) >= 11 is 0. The number of nitrogens with one attached hydrogen (secondary N) is 1. The summed E-state index contributed by atoms with van der Waals surface area (Å²) in [6.07, 6.45) is 8.21. The zero-order chi connectivity index (χ0) is 37.6. The summed E-state index contributed by atoms with van der Waals surface area (Å²) in [4.78, 5) is 52.3. The van der Waals surface area contributed by atoms with Gasteiger partial charge >= 0.3 is 0 Å². The third-order valence-corrected chi connectivity index (χ3v) is 12.9. The summed E-state index contributed by atoms with van der Waals surface area (Å²) in [5, 5.41) is 21.4. The number of hydrogen-bond acceptors (Lipinski definition) is 10. The Kier molecular flexibility index (Phi) is 9.24. The molecule has 12 nitrogen and oxygen atoms in total. The smallest absolute Gasteiger partial charge is 0.234 e. The maximum absolute atomic E-state index is 14.5. The van der Waals surface area contributed by atoms with Crippen LogP contribution in [0.4, 0.5) is 11.5 Å². The van der Waals surface area contributed by atoms with Crippen molar-refractivity contribution in [2.24, 2.45) is 11.3 Å². The number of piperidine rings is 2. The van der Waals surface area contributed by atoms with Crippen LogP contribution in [0.2, 0.25) is 0 Å². The van der Waals surface area contributed by atoms with Gasteiger partial charge in [-0.2, -0.15) is 10.2 Å². The molecule has 5 aliphatic rings. The lowest BCUT2D eigenvalue weighted by Crippen LogP contribution is -2.74. The van der Waals surface area contributed by atoms with Crippen LogP contribution in [-0.4, -0.2) is 107 Å². The number of nitrogens with zero attached hydrogens (tertiary/aromatic N) is 7. The number of rotatable bonds is 9. The van der Waals surface area contributed by atoms with Crippen molar-refractivity contribution in [3.63, 3.8) is 0 Å². The van der Waals surface area contributed by atoms with Gasteiger partial charge in [0.2, 0.25) is 17.7 Å². The number of imide groups is 1. The average molecular weight is 741 g/mol. The Labute approximate surface area is 321 Å². The molecule has 7 heterocycles. The predicted molar refractivity (Wildman–Crippen MR) is 208 cm³/mol. The largest absolute Gasteiger partial charge is 0.507 e. The molecule has 5 saturated heterocycles. The van der Waals surface area contributed by atoms with E-state index in [9.17, 15) is 19.5 Å². The van der Waals surface area contributed by atoms with E-state index in [-0.39, 0.29) is 34.8 Å². The number of pyridine rings is 1. The van der Waals surface area contributed by atoms with Crippen LogP contribution in [0.5, 0.6) is 5.75 Å². The Morgan fingerprint density at radius 2 is 1.65 bits per heavy atom. The minimum absolute atomic E-state index is 0.177. The third kappa shape index (κ3) is 6.81. The maximum atomic E-state index is 14.5. The molecule has 1 spiro atoms. The standard InChI is InChI=1S/C43H48N8O4/c52-37-9-5-4-8-35(37)36-22-33(24-45-47-36)49-20-16-43(17-21-49,32-6-2-1-3-7-32)41(55)51-28-42(29-51)26-48(27-42)18-14-30-15-19-50(25-30)38-12-10-31(23-44-38)34-11-13-39(53)46-40(34)54/h1-10,12,22-24,30,34,52H,11,13-21,25-29H2,(H,46,53,54)/t30-,34-/m0/s1. The molecule has 9 rings (SSSR count). The summed E-state index contributed by atoms with van der Waals surface area (Å²) in [6, 6.07) is 23.5. The molecule has 4 aromatic rings. The van der Waals surface area contributed by atoms with Gasteiger partial charge in [-0.1, -0.05) is 48.5 Å². The average Bonchev–Trinajstić information content (AvgIpc) is 3.66. The van der Waals surface area contributed by atoms with Crippen molar-refractivity contribution in [2.45, 2.75) is 49.9 Å². The number of aromatic hydroxyl groups is 1. The second kappa shape index (κ2) is 14.4. The van der Waals surface area contributed by atoms with Crippen molar-refractivity contribution in [3.05, 3.63) is 96.3 Å². The molecule has 2 aromatic heterocycles. The van der Waals surface area contributed by atoms with Gasteiger partial charge in [-0.15, -0.1) is 0 Å². The minimum atomic E-state index is -0.557. The fraction of sp³-hybridized carbons (Fsp3) is 0.442. The van der Waals surface area contributed by atoms with Crippen LogP contribution < -0.4 is 15.1 Å². The number of likely N-dealkylation sites (tertiary alicyclic amines) is 2. The fourth-order valence-electron chi connectivity index (χ4n) is 9.80. The van der Waals surface area contributed by atoms with Crippen molar-refractivity contribution in [2.75, 3.05) is 68.7 Å². The first-order valence-corrected chi connectivity index (χ1v) is 19.8. The van der Waals surface area contributed by atoms with Crippen molar-refractivity contribution in [1.29, 1.82) is 0 Å². The van der Waals surface area contributed by atoms with E-state index in [4.69, 9.17) is 4.98 Å². The number of para-hydroxylation sites is 1. The molecular formula is C43H48N8O4. The lowest BCUT2D eigenvalue weighted by Gasteiger charge is -2.62. The summed E-state index contributed by atoms with van der Waals surface area (Å²) in [5.41, 5.74) is 3.86. The highest BCUT2D eigenvalue weighted by Gasteiger charge is 2.56. The van der Waals surface area contributed by atoms with Crippen LogP contribution in [0.25, 0.3) is 11.3 Å². The lowest BCUT2D eigenvalue weighted by molar-refractivity contribution is -0.165. The number of hydrogen-bond donors (Lipinski definition) is 2. The molecule has 2 N–H and O–H groups in total. The molecule has 55 heavy (non-hydrogen) atoms. The molecule has 3 amide bonds. The van der Waals surface area contributed by atoms with E-state index in [1.165, 1.54) is 0 Å². The fourth-order valence-corrected chi connectivity index (χ4v) is 9.80. The zero-order valence-corrected chi connectivity index (χ0v) is 31.1. The van der Waals surface area contributed by atoms with Gasteiger partial charge in [-0.05, 0) is 80.0 Å². The Balaban J connectivity index is 0.764. The highest BCUT2D eigenvalue weighted by Crippen LogP contribution is 2.45. The van der Waals surface area contributed by atoms with Crippen LogP contribution in [0.3, 0.4) is 0 Å². The van der Waals surface area contributed by atoms with E-state index in [0.29, 0.717) is 30.0 Å². The van der Waals surface area contributed by atoms with Gasteiger partial charge < -0.3 is 24.7 Å². The van der Waals surface area contributed by atoms with Gasteiger partial charge in [0.15, 0.2) is 0 Å². The summed E-state index contributed by atoms with van der Waals surface area (Å²) < 4.78 is 0. The molecule has 5 aliphatic heterocycles. The molecule has 0 radical (unpaired) electrons. The van der Waals surface area contributed by atoms with Gasteiger partial charge in [-0.25, -0.2) is 4.98 Å². The summed E-state index contributed by atoms with van der Waals surface area (Å²) in [5.74, 6) is 1.27. The SMILES string of the molecule is O=C1CC[C@@H](c2ccc(N3CC[C@H](CCN4CC5(C4)CN(C(=O)C4(c6ccccc6)CCN(c6cnnc(-c7ccccc7O)c6)CC4)C5)C3)nc2)C(=O)N1. The Morgan fingerprint density at radius 3 is 2.40 bits per heavy atom. The minimum Gasteiger partial charge on any atom is -0.507 e. The van der Waals surface area contributed by atoms with Gasteiger partial charge in [0.25, 0.3) is 0 Å². The number of phenols is 1. The second-order valence-corrected chi connectivity index (χ2v) is 16.5. The van der Waals surface area contributed by atoms with Gasteiger partial charge in [-0.3, -0.25) is 19.7 Å². The van der Waals surface area contributed by atoms with E-state index in [0.717, 1.165) is 107 Å². The zero-order valence-electron chi connectivity index (χ0n) is 31.1. The Hall–Kier alpha value is -5.36. The molecule has 2 atom stereocenters. The number of anilines is 2. The first-order valence-electron chi connectivity index (χ1n) is 19.8. The Morgan fingerprint density at radius 1 is 0.873 bits per heavy atom. The lowest BCUT2D eigenvalue weighted by atomic mass is 9.67. The summed E-state index contributed by atoms with van der Waals surface area (Å²) in [6.45, 7) is 8.26. The predicted octanol–water partition coefficient (Wildman–Crippen LogP) is 4.36. The maximum Gasteiger partial charge on any atom is 0.234 e. The van der Waals surface area contributed by atoms with Crippen LogP contribution in [0.1, 0.15) is 55.6 Å². The topological polar surface area (TPSA) is 135 Å². The van der Waals surface area contributed by atoms with E-state index in [1.807, 2.05) is 48.5 Å². The molecule has 284 valence electrons. The molecule has 5 fully saturated rings. The van der Waals surface area contributed by atoms with Crippen LogP contribution in [-0.2, 0) is 19.8 Å². The Bertz CT molecular complexity index is 2050. The number of amides is 3. The first-order chi connectivity index (χ1) is 26.8. The van der Waals surface area contributed by atoms with Crippen LogP contribution in [0, 0.1) is 11.3 Å².